The first kappa shape index (κ1) is 13.3. The first-order chi connectivity index (χ1) is 8.59. The summed E-state index contributed by atoms with van der Waals surface area (Å²) in [7, 11) is 0. The number of hydrogen-bond donors (Lipinski definition) is 2. The van der Waals surface area contributed by atoms with Gasteiger partial charge in [-0.2, -0.15) is 0 Å². The third kappa shape index (κ3) is 2.36. The molecule has 5 nitrogen and oxygen atoms in total. The Balaban J connectivity index is 2.04. The molecule has 2 aliphatic rings. The fourth-order valence-electron chi connectivity index (χ4n) is 3.25. The number of carbonyl (C=O) groups excluding carboxylic acids is 2. The van der Waals surface area contributed by atoms with Crippen molar-refractivity contribution in [1.82, 2.24) is 4.90 Å². The summed E-state index contributed by atoms with van der Waals surface area (Å²) in [6, 6.07) is 0. The van der Waals surface area contributed by atoms with Crippen LogP contribution in [-0.4, -0.2) is 36.3 Å². The highest BCUT2D eigenvalue weighted by Crippen LogP contribution is 2.38. The van der Waals surface area contributed by atoms with Crippen LogP contribution in [0.2, 0.25) is 0 Å². The Morgan fingerprint density at radius 3 is 2.39 bits per heavy atom. The van der Waals surface area contributed by atoms with E-state index in [-0.39, 0.29) is 23.1 Å². The van der Waals surface area contributed by atoms with E-state index in [9.17, 15) is 9.59 Å². The van der Waals surface area contributed by atoms with Gasteiger partial charge in [0.05, 0.1) is 11.3 Å². The zero-order valence-corrected chi connectivity index (χ0v) is 10.9. The predicted octanol–water partition coefficient (Wildman–Crippen LogP) is 0.229. The molecule has 0 spiro atoms. The molecule has 4 N–H and O–H groups in total. The van der Waals surface area contributed by atoms with Gasteiger partial charge in [-0.25, -0.2) is 0 Å². The van der Waals surface area contributed by atoms with Crippen molar-refractivity contribution < 1.29 is 9.59 Å². The first-order valence-electron chi connectivity index (χ1n) is 6.88. The molecule has 0 bridgehead atoms. The van der Waals surface area contributed by atoms with Crippen LogP contribution in [0.4, 0.5) is 0 Å². The molecule has 102 valence electrons. The maximum absolute atomic E-state index is 12.6. The zero-order valence-electron chi connectivity index (χ0n) is 10.9. The second-order valence-corrected chi connectivity index (χ2v) is 5.68. The molecule has 1 aliphatic heterocycles. The molecule has 1 heterocycles. The first-order valence-corrected chi connectivity index (χ1v) is 6.88. The van der Waals surface area contributed by atoms with Crippen LogP contribution in [0.15, 0.2) is 0 Å². The molecule has 0 aromatic heterocycles. The van der Waals surface area contributed by atoms with Gasteiger partial charge in [-0.1, -0.05) is 19.3 Å². The fourth-order valence-corrected chi connectivity index (χ4v) is 3.25. The summed E-state index contributed by atoms with van der Waals surface area (Å²) in [4.78, 5) is 25.6. The number of carbonyl (C=O) groups is 2. The Labute approximate surface area is 108 Å². The van der Waals surface area contributed by atoms with Crippen LogP contribution in [0, 0.1) is 11.3 Å². The minimum absolute atomic E-state index is 0.147. The second kappa shape index (κ2) is 5.26. The van der Waals surface area contributed by atoms with E-state index in [2.05, 4.69) is 0 Å². The van der Waals surface area contributed by atoms with E-state index in [0.717, 1.165) is 25.7 Å². The van der Waals surface area contributed by atoms with Crippen molar-refractivity contribution in [1.29, 1.82) is 0 Å². The predicted molar refractivity (Wildman–Crippen MR) is 68.5 cm³/mol. The molecule has 1 saturated carbocycles. The number of primary amides is 1. The van der Waals surface area contributed by atoms with E-state index in [1.807, 2.05) is 0 Å². The molecule has 1 saturated heterocycles. The van der Waals surface area contributed by atoms with Crippen molar-refractivity contribution in [2.24, 2.45) is 22.8 Å². The van der Waals surface area contributed by atoms with Gasteiger partial charge in [-0.3, -0.25) is 9.59 Å². The minimum atomic E-state index is -0.370. The van der Waals surface area contributed by atoms with Crippen LogP contribution < -0.4 is 11.5 Å². The molecule has 1 atom stereocenters. The lowest BCUT2D eigenvalue weighted by molar-refractivity contribution is -0.142. The average molecular weight is 253 g/mol. The number of likely N-dealkylation sites (tertiary alicyclic amines) is 1. The van der Waals surface area contributed by atoms with E-state index in [1.54, 1.807) is 4.90 Å². The minimum Gasteiger partial charge on any atom is -0.369 e. The lowest BCUT2D eigenvalue weighted by atomic mass is 9.73. The van der Waals surface area contributed by atoms with Gasteiger partial charge in [-0.15, -0.1) is 0 Å². The third-order valence-electron chi connectivity index (χ3n) is 4.53. The van der Waals surface area contributed by atoms with Gasteiger partial charge in [0.15, 0.2) is 0 Å². The lowest BCUT2D eigenvalue weighted by Gasteiger charge is -2.37. The van der Waals surface area contributed by atoms with E-state index in [1.165, 1.54) is 6.42 Å². The maximum atomic E-state index is 12.6. The molecule has 2 fully saturated rings. The van der Waals surface area contributed by atoms with Crippen LogP contribution in [0.1, 0.15) is 38.5 Å². The zero-order chi connectivity index (χ0) is 13.2. The number of amides is 2. The van der Waals surface area contributed by atoms with Crippen molar-refractivity contribution in [3.63, 3.8) is 0 Å². The van der Waals surface area contributed by atoms with E-state index in [0.29, 0.717) is 26.1 Å². The second-order valence-electron chi connectivity index (χ2n) is 5.68. The normalized spacial score (nSPS) is 27.2. The quantitative estimate of drug-likeness (QED) is 0.754. The third-order valence-corrected chi connectivity index (χ3v) is 4.53. The van der Waals surface area contributed by atoms with Crippen molar-refractivity contribution >= 4 is 11.8 Å². The fraction of sp³-hybridized carbons (Fsp3) is 0.846. The summed E-state index contributed by atoms with van der Waals surface area (Å²) in [6.45, 7) is 1.55. The number of nitrogens with two attached hydrogens (primary N) is 2. The Morgan fingerprint density at radius 1 is 1.22 bits per heavy atom. The van der Waals surface area contributed by atoms with Crippen LogP contribution >= 0.6 is 0 Å². The summed E-state index contributed by atoms with van der Waals surface area (Å²) in [6.07, 6.45) is 5.83. The Morgan fingerprint density at radius 2 is 1.89 bits per heavy atom. The van der Waals surface area contributed by atoms with Crippen molar-refractivity contribution in [3.05, 3.63) is 0 Å². The molecule has 18 heavy (non-hydrogen) atoms. The molecule has 0 radical (unpaired) electrons. The van der Waals surface area contributed by atoms with E-state index >= 15 is 0 Å². The Bertz CT molecular complexity index is 337. The van der Waals surface area contributed by atoms with Gasteiger partial charge in [0.1, 0.15) is 0 Å². The van der Waals surface area contributed by atoms with Gasteiger partial charge < -0.3 is 16.4 Å². The SMILES string of the molecule is NCC1(C(=O)N2CCC(C(N)=O)C2)CCCCC1. The van der Waals surface area contributed by atoms with Gasteiger partial charge in [0.25, 0.3) is 0 Å². The highest BCUT2D eigenvalue weighted by atomic mass is 16.2. The summed E-state index contributed by atoms with van der Waals surface area (Å²) >= 11 is 0. The van der Waals surface area contributed by atoms with Crippen LogP contribution in [0.25, 0.3) is 0 Å². The summed E-state index contributed by atoms with van der Waals surface area (Å²) in [5, 5.41) is 0. The largest absolute Gasteiger partial charge is 0.369 e. The van der Waals surface area contributed by atoms with Crippen LogP contribution in [-0.2, 0) is 9.59 Å². The number of nitrogens with zero attached hydrogens (tertiary/aromatic N) is 1. The Hall–Kier alpha value is -1.10. The van der Waals surface area contributed by atoms with E-state index < -0.39 is 0 Å². The average Bonchev–Trinajstić information content (AvgIpc) is 2.88. The van der Waals surface area contributed by atoms with E-state index in [4.69, 9.17) is 11.5 Å². The van der Waals surface area contributed by atoms with Crippen LogP contribution in [0.5, 0.6) is 0 Å². The summed E-state index contributed by atoms with van der Waals surface area (Å²) < 4.78 is 0. The van der Waals surface area contributed by atoms with Gasteiger partial charge in [0.2, 0.25) is 11.8 Å². The molecule has 2 rings (SSSR count). The van der Waals surface area contributed by atoms with Crippen molar-refractivity contribution in [3.8, 4) is 0 Å². The lowest BCUT2D eigenvalue weighted by Crippen LogP contribution is -2.48. The standard InChI is InChI=1S/C13H23N3O2/c14-9-13(5-2-1-3-6-13)12(18)16-7-4-10(8-16)11(15)17/h10H,1-9,14H2,(H2,15,17). The molecular weight excluding hydrogens is 230 g/mol. The monoisotopic (exact) mass is 253 g/mol. The maximum Gasteiger partial charge on any atom is 0.230 e. The molecular formula is C13H23N3O2. The highest BCUT2D eigenvalue weighted by molar-refractivity contribution is 5.85. The topological polar surface area (TPSA) is 89.4 Å². The molecule has 2 amide bonds. The van der Waals surface area contributed by atoms with Gasteiger partial charge in [0, 0.05) is 19.6 Å². The van der Waals surface area contributed by atoms with Crippen LogP contribution in [0.3, 0.4) is 0 Å². The molecule has 0 aromatic carbocycles. The Kier molecular flexibility index (Phi) is 3.90. The smallest absolute Gasteiger partial charge is 0.230 e. The van der Waals surface area contributed by atoms with Crippen molar-refractivity contribution in [2.45, 2.75) is 38.5 Å². The molecule has 1 unspecified atom stereocenters. The molecule has 0 aromatic rings. The van der Waals surface area contributed by atoms with Crippen molar-refractivity contribution in [2.75, 3.05) is 19.6 Å². The number of rotatable bonds is 3. The summed E-state index contributed by atoms with van der Waals surface area (Å²) in [5.41, 5.74) is 10.8. The van der Waals surface area contributed by atoms with Gasteiger partial charge in [-0.05, 0) is 19.3 Å². The molecule has 1 aliphatic carbocycles. The molecule has 5 heteroatoms. The summed E-state index contributed by atoms with van der Waals surface area (Å²) in [5.74, 6) is -0.323. The highest BCUT2D eigenvalue weighted by Gasteiger charge is 2.43. The number of hydrogen-bond acceptors (Lipinski definition) is 3. The van der Waals surface area contributed by atoms with Gasteiger partial charge >= 0.3 is 0 Å².